The summed E-state index contributed by atoms with van der Waals surface area (Å²) in [6.45, 7) is 3.21. The number of benzene rings is 1. The number of amides is 2. The van der Waals surface area contributed by atoms with Gasteiger partial charge < -0.3 is 19.7 Å². The van der Waals surface area contributed by atoms with E-state index in [1.54, 1.807) is 19.2 Å². The van der Waals surface area contributed by atoms with Crippen molar-refractivity contribution < 1.29 is 19.1 Å². The number of carbonyl (C=O) groups excluding carboxylic acids is 2. The first-order valence-corrected chi connectivity index (χ1v) is 6.96. The fourth-order valence-corrected chi connectivity index (χ4v) is 2.20. The van der Waals surface area contributed by atoms with Crippen LogP contribution in [-0.2, 0) is 19.1 Å². The second-order valence-corrected chi connectivity index (χ2v) is 4.81. The minimum absolute atomic E-state index is 0.200. The summed E-state index contributed by atoms with van der Waals surface area (Å²) >= 11 is 0. The predicted molar refractivity (Wildman–Crippen MR) is 78.0 cm³/mol. The quantitative estimate of drug-likeness (QED) is 0.824. The van der Waals surface area contributed by atoms with Crippen molar-refractivity contribution in [3.63, 3.8) is 0 Å². The summed E-state index contributed by atoms with van der Waals surface area (Å²) in [7, 11) is 1.57. The second-order valence-electron chi connectivity index (χ2n) is 4.81. The van der Waals surface area contributed by atoms with Gasteiger partial charge in [-0.1, -0.05) is 18.2 Å². The number of anilines is 1. The zero-order valence-electron chi connectivity index (χ0n) is 12.2. The number of hydrogen-bond donors (Lipinski definition) is 1. The van der Waals surface area contributed by atoms with Crippen LogP contribution in [0.4, 0.5) is 5.69 Å². The molecule has 1 aromatic carbocycles. The molecule has 2 rings (SSSR count). The normalized spacial score (nSPS) is 21.0. The molecule has 114 valence electrons. The lowest BCUT2D eigenvalue weighted by Gasteiger charge is -2.21. The maximum atomic E-state index is 12.1. The van der Waals surface area contributed by atoms with E-state index < -0.39 is 11.8 Å². The van der Waals surface area contributed by atoms with Gasteiger partial charge in [-0.05, 0) is 19.1 Å². The van der Waals surface area contributed by atoms with Gasteiger partial charge in [-0.3, -0.25) is 9.59 Å². The van der Waals surface area contributed by atoms with Crippen LogP contribution in [-0.4, -0.2) is 50.8 Å². The number of likely N-dealkylation sites (N-methyl/N-ethyl adjacent to an activating group) is 1. The third-order valence-corrected chi connectivity index (χ3v) is 3.37. The molecule has 1 aliphatic heterocycles. The molecule has 0 aromatic heterocycles. The zero-order valence-corrected chi connectivity index (χ0v) is 12.2. The lowest BCUT2D eigenvalue weighted by molar-refractivity contribution is -0.138. The fourth-order valence-electron chi connectivity index (χ4n) is 2.20. The van der Waals surface area contributed by atoms with Crippen molar-refractivity contribution in [2.45, 2.75) is 19.1 Å². The highest BCUT2D eigenvalue weighted by atomic mass is 16.5. The highest BCUT2D eigenvalue weighted by molar-refractivity contribution is 6.40. The van der Waals surface area contributed by atoms with Crippen molar-refractivity contribution >= 4 is 17.5 Å². The summed E-state index contributed by atoms with van der Waals surface area (Å²) in [5, 5.41) is 2.68. The highest BCUT2D eigenvalue weighted by Crippen LogP contribution is 2.12. The third kappa shape index (κ3) is 3.80. The Morgan fingerprint density at radius 3 is 2.71 bits per heavy atom. The molecule has 1 saturated heterocycles. The number of carbonyl (C=O) groups is 2. The van der Waals surface area contributed by atoms with Crippen LogP contribution in [0.2, 0.25) is 0 Å². The van der Waals surface area contributed by atoms with Crippen LogP contribution in [0.15, 0.2) is 30.3 Å². The van der Waals surface area contributed by atoms with Gasteiger partial charge in [-0.25, -0.2) is 0 Å². The van der Waals surface area contributed by atoms with E-state index in [9.17, 15) is 9.59 Å². The molecule has 1 fully saturated rings. The minimum atomic E-state index is -0.651. The summed E-state index contributed by atoms with van der Waals surface area (Å²) in [5.74, 6) is -1.26. The lowest BCUT2D eigenvalue weighted by Crippen LogP contribution is -2.49. The Labute approximate surface area is 124 Å². The molecule has 0 aliphatic carbocycles. The molecular formula is C15H20N2O4. The van der Waals surface area contributed by atoms with Crippen molar-refractivity contribution in [1.82, 2.24) is 5.32 Å². The van der Waals surface area contributed by atoms with E-state index in [4.69, 9.17) is 9.47 Å². The number of rotatable bonds is 4. The smallest absolute Gasteiger partial charge is 0.316 e. The van der Waals surface area contributed by atoms with E-state index in [1.165, 1.54) is 4.90 Å². The van der Waals surface area contributed by atoms with Gasteiger partial charge in [0.15, 0.2) is 0 Å². The van der Waals surface area contributed by atoms with Crippen LogP contribution in [0.1, 0.15) is 6.92 Å². The molecule has 1 heterocycles. The fraction of sp³-hybridized carbons (Fsp3) is 0.467. The first-order valence-electron chi connectivity index (χ1n) is 6.96. The van der Waals surface area contributed by atoms with Crippen LogP contribution in [0.5, 0.6) is 0 Å². The average molecular weight is 292 g/mol. The zero-order chi connectivity index (χ0) is 15.2. The molecule has 2 atom stereocenters. The van der Waals surface area contributed by atoms with Crippen molar-refractivity contribution in [1.29, 1.82) is 0 Å². The Hall–Kier alpha value is -1.92. The van der Waals surface area contributed by atoms with E-state index in [-0.39, 0.29) is 12.1 Å². The number of ether oxygens (including phenoxy) is 2. The van der Waals surface area contributed by atoms with Gasteiger partial charge in [0.05, 0.1) is 19.3 Å². The van der Waals surface area contributed by atoms with Crippen molar-refractivity contribution in [2.75, 3.05) is 31.8 Å². The molecule has 0 radical (unpaired) electrons. The minimum Gasteiger partial charge on any atom is -0.376 e. The van der Waals surface area contributed by atoms with Gasteiger partial charge in [-0.2, -0.15) is 0 Å². The van der Waals surface area contributed by atoms with Gasteiger partial charge in [-0.15, -0.1) is 0 Å². The maximum Gasteiger partial charge on any atom is 0.316 e. The average Bonchev–Trinajstić information content (AvgIpc) is 2.94. The van der Waals surface area contributed by atoms with Crippen molar-refractivity contribution in [3.8, 4) is 0 Å². The van der Waals surface area contributed by atoms with Crippen LogP contribution in [0, 0.1) is 0 Å². The Kier molecular flexibility index (Phi) is 5.30. The molecule has 6 heteroatoms. The SMILES string of the molecule is CCO[C@@H]1COC[C@H]1NC(=O)C(=O)N(C)c1ccccc1. The van der Waals surface area contributed by atoms with Crippen molar-refractivity contribution in [2.24, 2.45) is 0 Å². The third-order valence-electron chi connectivity index (χ3n) is 3.37. The summed E-state index contributed by atoms with van der Waals surface area (Å²) in [4.78, 5) is 25.5. The molecular weight excluding hydrogens is 272 g/mol. The standard InChI is InChI=1S/C15H20N2O4/c1-3-21-13-10-20-9-12(13)16-14(18)15(19)17(2)11-7-5-4-6-8-11/h4-8,12-13H,3,9-10H2,1-2H3,(H,16,18)/t12-,13-/m1/s1. The monoisotopic (exact) mass is 292 g/mol. The molecule has 6 nitrogen and oxygen atoms in total. The molecule has 21 heavy (non-hydrogen) atoms. The first kappa shape index (κ1) is 15.5. The van der Waals surface area contributed by atoms with Gasteiger partial charge in [0.2, 0.25) is 0 Å². The molecule has 0 unspecified atom stereocenters. The maximum absolute atomic E-state index is 12.1. The molecule has 1 aliphatic rings. The van der Waals surface area contributed by atoms with Crippen LogP contribution in [0.3, 0.4) is 0 Å². The molecule has 0 saturated carbocycles. The number of nitrogens with one attached hydrogen (secondary N) is 1. The summed E-state index contributed by atoms with van der Waals surface area (Å²) in [6.07, 6.45) is -0.200. The van der Waals surface area contributed by atoms with E-state index >= 15 is 0 Å². The summed E-state index contributed by atoms with van der Waals surface area (Å²) < 4.78 is 10.8. The molecule has 1 aromatic rings. The predicted octanol–water partition coefficient (Wildman–Crippen LogP) is 0.570. The molecule has 2 amide bonds. The second kappa shape index (κ2) is 7.19. The number of para-hydroxylation sites is 1. The molecule has 0 spiro atoms. The number of nitrogens with zero attached hydrogens (tertiary/aromatic N) is 1. The van der Waals surface area contributed by atoms with Gasteiger partial charge >= 0.3 is 11.8 Å². The van der Waals surface area contributed by atoms with Crippen LogP contribution in [0.25, 0.3) is 0 Å². The van der Waals surface area contributed by atoms with E-state index in [0.717, 1.165) is 0 Å². The first-order chi connectivity index (χ1) is 10.1. The Morgan fingerprint density at radius 1 is 1.33 bits per heavy atom. The van der Waals surface area contributed by atoms with E-state index in [1.807, 2.05) is 25.1 Å². The van der Waals surface area contributed by atoms with Gasteiger partial charge in [0.1, 0.15) is 6.10 Å². The largest absolute Gasteiger partial charge is 0.376 e. The summed E-state index contributed by atoms with van der Waals surface area (Å²) in [6, 6.07) is 8.73. The topological polar surface area (TPSA) is 67.9 Å². The number of hydrogen-bond acceptors (Lipinski definition) is 4. The molecule has 0 bridgehead atoms. The highest BCUT2D eigenvalue weighted by Gasteiger charge is 2.32. The Morgan fingerprint density at radius 2 is 2.05 bits per heavy atom. The van der Waals surface area contributed by atoms with Crippen LogP contribution >= 0.6 is 0 Å². The van der Waals surface area contributed by atoms with Crippen molar-refractivity contribution in [3.05, 3.63) is 30.3 Å². The lowest BCUT2D eigenvalue weighted by atomic mass is 10.2. The summed E-state index contributed by atoms with van der Waals surface area (Å²) in [5.41, 5.74) is 0.668. The van der Waals surface area contributed by atoms with E-state index in [2.05, 4.69) is 5.32 Å². The van der Waals surface area contributed by atoms with Gasteiger partial charge in [0, 0.05) is 19.3 Å². The van der Waals surface area contributed by atoms with Gasteiger partial charge in [0.25, 0.3) is 0 Å². The Bertz CT molecular complexity index is 492. The molecule has 1 N–H and O–H groups in total. The Balaban J connectivity index is 1.95. The van der Waals surface area contributed by atoms with E-state index in [0.29, 0.717) is 25.5 Å². The van der Waals surface area contributed by atoms with Crippen LogP contribution < -0.4 is 10.2 Å².